The lowest BCUT2D eigenvalue weighted by atomic mass is 9.99. The Balaban J connectivity index is 0.000000177. The topological polar surface area (TPSA) is 82.1 Å². The van der Waals surface area contributed by atoms with Crippen molar-refractivity contribution >= 4 is 0 Å². The van der Waals surface area contributed by atoms with Crippen LogP contribution in [0.25, 0.3) is 22.6 Å². The molecule has 3 aromatic carbocycles. The summed E-state index contributed by atoms with van der Waals surface area (Å²) in [5, 5.41) is 20.7. The molecule has 0 atom stereocenters. The van der Waals surface area contributed by atoms with E-state index in [4.69, 9.17) is 0 Å². The first kappa shape index (κ1) is 47.2. The molecule has 0 bridgehead atoms. The number of nitrogens with zero attached hydrogens (tertiary/aromatic N) is 7. The first-order chi connectivity index (χ1) is 28.2. The Kier molecular flexibility index (Phi) is 16.2. The number of nitrogens with one attached hydrogen (secondary N) is 1. The van der Waals surface area contributed by atoms with Crippen molar-refractivity contribution in [2.75, 3.05) is 0 Å². The van der Waals surface area contributed by atoms with Crippen molar-refractivity contribution in [1.82, 2.24) is 39.5 Å². The Morgan fingerprint density at radius 1 is 0.533 bits per heavy atom. The molecule has 0 spiro atoms. The minimum Gasteiger partial charge on any atom is -0.278 e. The molecular formula is C52H72N8. The van der Waals surface area contributed by atoms with E-state index in [1.807, 2.05) is 46.2 Å². The van der Waals surface area contributed by atoms with Crippen LogP contribution in [0, 0.1) is 41.5 Å². The second-order valence-electron chi connectivity index (χ2n) is 18.2. The molecule has 0 aliphatic rings. The molecule has 4 heterocycles. The van der Waals surface area contributed by atoms with Crippen LogP contribution in [0.5, 0.6) is 0 Å². The van der Waals surface area contributed by atoms with Gasteiger partial charge >= 0.3 is 0 Å². The zero-order chi connectivity index (χ0) is 44.5. The van der Waals surface area contributed by atoms with Crippen molar-refractivity contribution in [3.63, 3.8) is 0 Å². The smallest absolute Gasteiger partial charge is 0.0684 e. The van der Waals surface area contributed by atoms with Gasteiger partial charge in [0, 0.05) is 22.6 Å². The fourth-order valence-electron chi connectivity index (χ4n) is 7.68. The number of aromatic amines is 1. The minimum atomic E-state index is 0.0853. The monoisotopic (exact) mass is 809 g/mol. The van der Waals surface area contributed by atoms with Crippen LogP contribution in [0.2, 0.25) is 0 Å². The van der Waals surface area contributed by atoms with E-state index in [0.717, 1.165) is 11.4 Å². The summed E-state index contributed by atoms with van der Waals surface area (Å²) in [4.78, 5) is 0. The SMILES string of the molecule is Cc1c(C(C)C)cnn1-c1ccccc1.Cc1ccc(-c2[nH]ncc2C(C)C)cc1.Cc1ccccc1-n1ncc(C(C)C)c1C.Cc1nn(C(C)(C)C)c(C)c1C(C)C. The summed E-state index contributed by atoms with van der Waals surface area (Å²) in [6.07, 6.45) is 5.86. The van der Waals surface area contributed by atoms with E-state index in [2.05, 4.69) is 209 Å². The van der Waals surface area contributed by atoms with Crippen LogP contribution in [0.3, 0.4) is 0 Å². The molecule has 1 N–H and O–H groups in total. The number of hydrogen-bond donors (Lipinski definition) is 1. The lowest BCUT2D eigenvalue weighted by Crippen LogP contribution is -2.24. The molecule has 0 saturated carbocycles. The molecule has 7 aromatic rings. The van der Waals surface area contributed by atoms with Gasteiger partial charge in [0.25, 0.3) is 0 Å². The first-order valence-corrected chi connectivity index (χ1v) is 21.6. The average molecular weight is 809 g/mol. The van der Waals surface area contributed by atoms with Crippen molar-refractivity contribution < 1.29 is 0 Å². The molecular weight excluding hydrogens is 737 g/mol. The van der Waals surface area contributed by atoms with E-state index >= 15 is 0 Å². The summed E-state index contributed by atoms with van der Waals surface area (Å²) in [7, 11) is 0. The zero-order valence-electron chi connectivity index (χ0n) is 39.7. The molecule has 4 aromatic heterocycles. The summed E-state index contributed by atoms with van der Waals surface area (Å²) in [6, 6.07) is 27.1. The van der Waals surface area contributed by atoms with Crippen LogP contribution in [0.4, 0.5) is 0 Å². The largest absolute Gasteiger partial charge is 0.278 e. The minimum absolute atomic E-state index is 0.0853. The van der Waals surface area contributed by atoms with Crippen LogP contribution in [-0.2, 0) is 5.54 Å². The Morgan fingerprint density at radius 2 is 1.05 bits per heavy atom. The van der Waals surface area contributed by atoms with Gasteiger partial charge in [0.2, 0.25) is 0 Å². The third-order valence-electron chi connectivity index (χ3n) is 10.9. The van der Waals surface area contributed by atoms with E-state index in [1.54, 1.807) is 0 Å². The van der Waals surface area contributed by atoms with Crippen LogP contribution < -0.4 is 0 Å². The van der Waals surface area contributed by atoms with Gasteiger partial charge in [-0.15, -0.1) is 0 Å². The summed E-state index contributed by atoms with van der Waals surface area (Å²) < 4.78 is 6.16. The highest BCUT2D eigenvalue weighted by molar-refractivity contribution is 5.63. The highest BCUT2D eigenvalue weighted by Gasteiger charge is 2.22. The van der Waals surface area contributed by atoms with E-state index in [9.17, 15) is 0 Å². The van der Waals surface area contributed by atoms with Gasteiger partial charge in [-0.25, -0.2) is 9.36 Å². The fraction of sp³-hybridized carbons (Fsp3) is 0.423. The quantitative estimate of drug-likeness (QED) is 0.174. The van der Waals surface area contributed by atoms with E-state index < -0.39 is 0 Å². The highest BCUT2D eigenvalue weighted by Crippen LogP contribution is 2.28. The molecule has 0 radical (unpaired) electrons. The number of para-hydroxylation sites is 2. The maximum absolute atomic E-state index is 4.62. The van der Waals surface area contributed by atoms with Gasteiger partial charge in [-0.05, 0) is 132 Å². The second-order valence-corrected chi connectivity index (χ2v) is 18.2. The van der Waals surface area contributed by atoms with Crippen LogP contribution >= 0.6 is 0 Å². The van der Waals surface area contributed by atoms with E-state index in [1.165, 1.54) is 67.4 Å². The molecule has 60 heavy (non-hydrogen) atoms. The first-order valence-electron chi connectivity index (χ1n) is 21.6. The van der Waals surface area contributed by atoms with Crippen LogP contribution in [0.15, 0.2) is 97.5 Å². The standard InChI is InChI=1S/C14H18N2.2C13H16N2.C12H22N2/c1-10(2)13-9-15-16(12(13)4)14-8-6-5-7-11(14)3;1-9(2)12-8-14-15-13(12)11-6-4-10(3)5-7-11;1-10(2)13-9-14-15(11(13)3)12-7-5-4-6-8-12;1-8(2)11-9(3)13-14(10(11)4)12(5,6)7/h5-10H,1-4H3;4-9H,1-3H3,(H,14,15);4-10H,1-3H3;8H,1-7H3. The van der Waals surface area contributed by atoms with Crippen molar-refractivity contribution in [3.8, 4) is 22.6 Å². The Labute approximate surface area is 361 Å². The average Bonchev–Trinajstić information content (AvgIpc) is 3.99. The van der Waals surface area contributed by atoms with Crippen molar-refractivity contribution in [2.24, 2.45) is 0 Å². The summed E-state index contributed by atoms with van der Waals surface area (Å²) in [6.45, 7) is 36.9. The molecule has 8 nitrogen and oxygen atoms in total. The number of rotatable bonds is 7. The molecule has 0 amide bonds. The van der Waals surface area contributed by atoms with Crippen LogP contribution in [0.1, 0.15) is 156 Å². The summed E-state index contributed by atoms with van der Waals surface area (Å²) >= 11 is 0. The lowest BCUT2D eigenvalue weighted by Gasteiger charge is -2.21. The van der Waals surface area contributed by atoms with Crippen LogP contribution in [-0.4, -0.2) is 39.5 Å². The van der Waals surface area contributed by atoms with Gasteiger partial charge in [-0.3, -0.25) is 9.78 Å². The summed E-state index contributed by atoms with van der Waals surface area (Å²) in [5.74, 6) is 2.12. The summed E-state index contributed by atoms with van der Waals surface area (Å²) in [5.41, 5.74) is 17.6. The number of aryl methyl sites for hydroxylation is 3. The predicted molar refractivity (Wildman–Crippen MR) is 253 cm³/mol. The van der Waals surface area contributed by atoms with Crippen molar-refractivity contribution in [1.29, 1.82) is 0 Å². The fourth-order valence-corrected chi connectivity index (χ4v) is 7.68. The maximum Gasteiger partial charge on any atom is 0.0684 e. The van der Waals surface area contributed by atoms with Gasteiger partial charge in [0.1, 0.15) is 0 Å². The molecule has 8 heteroatoms. The molecule has 0 aliphatic heterocycles. The Hall–Kier alpha value is -5.50. The molecule has 0 unspecified atom stereocenters. The van der Waals surface area contributed by atoms with E-state index in [0.29, 0.717) is 23.7 Å². The highest BCUT2D eigenvalue weighted by atomic mass is 15.3. The molecule has 0 saturated heterocycles. The van der Waals surface area contributed by atoms with Crippen molar-refractivity contribution in [3.05, 3.63) is 154 Å². The third kappa shape index (κ3) is 11.6. The van der Waals surface area contributed by atoms with E-state index in [-0.39, 0.29) is 5.54 Å². The van der Waals surface area contributed by atoms with Crippen molar-refractivity contribution in [2.45, 2.75) is 147 Å². The number of benzene rings is 3. The van der Waals surface area contributed by atoms with Gasteiger partial charge < -0.3 is 0 Å². The zero-order valence-corrected chi connectivity index (χ0v) is 39.7. The van der Waals surface area contributed by atoms with Gasteiger partial charge in [-0.2, -0.15) is 20.4 Å². The third-order valence-corrected chi connectivity index (χ3v) is 10.9. The molecule has 0 fully saturated rings. The molecule has 320 valence electrons. The number of hydrogen-bond acceptors (Lipinski definition) is 4. The van der Waals surface area contributed by atoms with Gasteiger partial charge in [0.15, 0.2) is 0 Å². The number of H-pyrrole nitrogens is 1. The van der Waals surface area contributed by atoms with Gasteiger partial charge in [0.05, 0.1) is 46.9 Å². The van der Waals surface area contributed by atoms with Gasteiger partial charge in [-0.1, -0.05) is 122 Å². The molecule has 7 rings (SSSR count). The predicted octanol–water partition coefficient (Wildman–Crippen LogP) is 13.8. The second kappa shape index (κ2) is 20.7. The number of aromatic nitrogens is 8. The maximum atomic E-state index is 4.62. The Bertz CT molecular complexity index is 2370. The normalized spacial score (nSPS) is 11.3. The Morgan fingerprint density at radius 3 is 1.52 bits per heavy atom. The lowest BCUT2D eigenvalue weighted by molar-refractivity contribution is 0.346. The molecule has 0 aliphatic carbocycles.